The zero-order valence-corrected chi connectivity index (χ0v) is 17.9. The molecule has 29 heavy (non-hydrogen) atoms. The van der Waals surface area contributed by atoms with Gasteiger partial charge >= 0.3 is 5.97 Å². The molecule has 3 heteroatoms. The first-order valence-corrected chi connectivity index (χ1v) is 12.3. The maximum Gasteiger partial charge on any atom is 0.305 e. The fourth-order valence-corrected chi connectivity index (χ4v) is 10.5. The molecule has 156 valence electrons. The van der Waals surface area contributed by atoms with Crippen molar-refractivity contribution in [2.24, 2.45) is 57.7 Å². The summed E-state index contributed by atoms with van der Waals surface area (Å²) >= 11 is 0. The van der Waals surface area contributed by atoms with E-state index in [2.05, 4.69) is 19.9 Å². The molecular formula is C26H34O3. The Morgan fingerprint density at radius 3 is 2.69 bits per heavy atom. The third kappa shape index (κ3) is 1.93. The number of fused-ring (bicyclic) bond motifs is 12. The molecule has 1 saturated heterocycles. The van der Waals surface area contributed by atoms with Gasteiger partial charge in [-0.25, -0.2) is 0 Å². The smallest absolute Gasteiger partial charge is 0.305 e. The molecule has 0 radical (unpaired) electrons. The van der Waals surface area contributed by atoms with Crippen molar-refractivity contribution < 1.29 is 14.3 Å². The van der Waals surface area contributed by atoms with Crippen LogP contribution < -0.4 is 0 Å². The van der Waals surface area contributed by atoms with Crippen molar-refractivity contribution in [2.45, 2.75) is 71.6 Å². The molecule has 3 nitrogen and oxygen atoms in total. The molecule has 0 aromatic carbocycles. The number of hydrogen-bond donors (Lipinski definition) is 0. The third-order valence-corrected chi connectivity index (χ3v) is 11.7. The van der Waals surface area contributed by atoms with E-state index in [4.69, 9.17) is 4.74 Å². The summed E-state index contributed by atoms with van der Waals surface area (Å²) in [5.74, 6) is 6.22. The maximum atomic E-state index is 12.2. The number of ether oxygens (including phenoxy) is 1. The highest BCUT2D eigenvalue weighted by Gasteiger charge is 2.78. The van der Waals surface area contributed by atoms with E-state index in [0.717, 1.165) is 61.2 Å². The Labute approximate surface area is 174 Å². The number of ketones is 1. The van der Waals surface area contributed by atoms with E-state index < -0.39 is 0 Å². The second-order valence-electron chi connectivity index (χ2n) is 12.3. The van der Waals surface area contributed by atoms with E-state index >= 15 is 0 Å². The van der Waals surface area contributed by atoms with Crippen LogP contribution in [0, 0.1) is 57.7 Å². The van der Waals surface area contributed by atoms with Gasteiger partial charge < -0.3 is 4.74 Å². The Kier molecular flexibility index (Phi) is 3.14. The summed E-state index contributed by atoms with van der Waals surface area (Å²) in [6.45, 7) is 5.80. The Hall–Kier alpha value is -1.12. The van der Waals surface area contributed by atoms with Crippen LogP contribution in [-0.2, 0) is 14.3 Å². The fraction of sp³-hybridized carbons (Fsp3) is 0.846. The summed E-state index contributed by atoms with van der Waals surface area (Å²) in [4.78, 5) is 24.3. The summed E-state index contributed by atoms with van der Waals surface area (Å²) in [6, 6.07) is 0. The predicted molar refractivity (Wildman–Crippen MR) is 109 cm³/mol. The lowest BCUT2D eigenvalue weighted by Crippen LogP contribution is -2.55. The molecule has 7 aliphatic rings. The molecule has 3 unspecified atom stereocenters. The maximum absolute atomic E-state index is 12.2. The summed E-state index contributed by atoms with van der Waals surface area (Å²) in [5, 5.41) is 0. The molecule has 6 fully saturated rings. The van der Waals surface area contributed by atoms with E-state index in [9.17, 15) is 9.59 Å². The number of hydrogen-bond acceptors (Lipinski definition) is 3. The molecule has 0 aromatic rings. The van der Waals surface area contributed by atoms with Crippen LogP contribution in [0.25, 0.3) is 0 Å². The molecule has 10 atom stereocenters. The highest BCUT2D eigenvalue weighted by atomic mass is 16.5. The van der Waals surface area contributed by atoms with Crippen molar-refractivity contribution in [1.29, 1.82) is 0 Å². The monoisotopic (exact) mass is 394 g/mol. The van der Waals surface area contributed by atoms with Gasteiger partial charge in [0.2, 0.25) is 0 Å². The van der Waals surface area contributed by atoms with E-state index in [1.165, 1.54) is 25.7 Å². The minimum atomic E-state index is 0.0360. The second kappa shape index (κ2) is 5.19. The number of allylic oxidation sites excluding steroid dienone is 1. The average molecular weight is 395 g/mol. The van der Waals surface area contributed by atoms with Crippen LogP contribution >= 0.6 is 0 Å². The van der Waals surface area contributed by atoms with Crippen molar-refractivity contribution in [2.75, 3.05) is 6.61 Å². The zero-order chi connectivity index (χ0) is 19.8. The molecule has 0 N–H and O–H groups in total. The Balaban J connectivity index is 1.30. The Morgan fingerprint density at radius 1 is 0.966 bits per heavy atom. The number of carbonyl (C=O) groups excluding carboxylic acids is 2. The fourth-order valence-electron chi connectivity index (χ4n) is 10.5. The van der Waals surface area contributed by atoms with Gasteiger partial charge in [0.05, 0.1) is 6.61 Å². The Bertz CT molecular complexity index is 858. The van der Waals surface area contributed by atoms with Crippen molar-refractivity contribution in [3.05, 3.63) is 11.6 Å². The summed E-state index contributed by atoms with van der Waals surface area (Å²) in [5.41, 5.74) is 2.58. The topological polar surface area (TPSA) is 43.4 Å². The van der Waals surface area contributed by atoms with Gasteiger partial charge in [0.15, 0.2) is 5.78 Å². The van der Waals surface area contributed by atoms with Crippen LogP contribution in [0.2, 0.25) is 0 Å². The van der Waals surface area contributed by atoms with Crippen LogP contribution in [0.3, 0.4) is 0 Å². The van der Waals surface area contributed by atoms with Crippen molar-refractivity contribution in [3.8, 4) is 0 Å². The van der Waals surface area contributed by atoms with E-state index in [-0.39, 0.29) is 11.4 Å². The molecule has 7 rings (SSSR count). The second-order valence-corrected chi connectivity index (χ2v) is 12.3. The predicted octanol–water partition coefficient (Wildman–Crippen LogP) is 4.94. The minimum Gasteiger partial charge on any atom is -0.466 e. The van der Waals surface area contributed by atoms with E-state index in [0.29, 0.717) is 35.6 Å². The highest BCUT2D eigenvalue weighted by Crippen LogP contribution is 2.84. The first-order chi connectivity index (χ1) is 13.9. The SMILES string of the molecule is C[C@]12CCC(=O)C=C1[C@@H]1C[C@@H]1C1C2CC[C@@]2(C)C1[C@@H]1C[C@@H]1[C@]21CCOC(=O)CC1. The molecule has 6 aliphatic carbocycles. The average Bonchev–Trinajstić information content (AvgIpc) is 3.57. The van der Waals surface area contributed by atoms with Crippen LogP contribution in [0.5, 0.6) is 0 Å². The lowest BCUT2D eigenvalue weighted by atomic mass is 9.43. The van der Waals surface area contributed by atoms with Crippen LogP contribution in [-0.4, -0.2) is 18.4 Å². The van der Waals surface area contributed by atoms with Gasteiger partial charge in [-0.2, -0.15) is 0 Å². The van der Waals surface area contributed by atoms with Crippen LogP contribution in [0.4, 0.5) is 0 Å². The molecule has 0 aromatic heterocycles. The molecule has 0 bridgehead atoms. The molecule has 1 aliphatic heterocycles. The molecule has 0 amide bonds. The lowest BCUT2D eigenvalue weighted by molar-refractivity contribution is -0.142. The number of carbonyl (C=O) groups is 2. The van der Waals surface area contributed by atoms with E-state index in [1.54, 1.807) is 5.57 Å². The Morgan fingerprint density at radius 2 is 1.83 bits per heavy atom. The first-order valence-electron chi connectivity index (χ1n) is 12.3. The number of esters is 1. The largest absolute Gasteiger partial charge is 0.466 e. The van der Waals surface area contributed by atoms with Gasteiger partial charge in [-0.15, -0.1) is 0 Å². The van der Waals surface area contributed by atoms with Crippen LogP contribution in [0.15, 0.2) is 11.6 Å². The lowest BCUT2D eigenvalue weighted by Gasteiger charge is -2.61. The third-order valence-electron chi connectivity index (χ3n) is 11.7. The molecule has 1 spiro atoms. The highest BCUT2D eigenvalue weighted by molar-refractivity contribution is 5.92. The van der Waals surface area contributed by atoms with Crippen molar-refractivity contribution in [3.63, 3.8) is 0 Å². The van der Waals surface area contributed by atoms with Gasteiger partial charge in [-0.3, -0.25) is 9.59 Å². The number of rotatable bonds is 0. The van der Waals surface area contributed by atoms with Gasteiger partial charge in [0.1, 0.15) is 0 Å². The summed E-state index contributed by atoms with van der Waals surface area (Å²) < 4.78 is 5.54. The molecule has 1 heterocycles. The van der Waals surface area contributed by atoms with Gasteiger partial charge in [-0.05, 0) is 109 Å². The normalized spacial score (nSPS) is 59.4. The van der Waals surface area contributed by atoms with E-state index in [1.807, 2.05) is 0 Å². The summed E-state index contributed by atoms with van der Waals surface area (Å²) in [7, 11) is 0. The van der Waals surface area contributed by atoms with Gasteiger partial charge in [0, 0.05) is 12.8 Å². The first kappa shape index (κ1) is 17.5. The quantitative estimate of drug-likeness (QED) is 0.546. The van der Waals surface area contributed by atoms with Crippen molar-refractivity contribution in [1.82, 2.24) is 0 Å². The van der Waals surface area contributed by atoms with Crippen LogP contribution in [0.1, 0.15) is 71.6 Å². The number of cyclic esters (lactones) is 1. The molecule has 5 saturated carbocycles. The summed E-state index contributed by atoms with van der Waals surface area (Å²) in [6.07, 6.45) is 12.2. The van der Waals surface area contributed by atoms with Gasteiger partial charge in [0.25, 0.3) is 0 Å². The van der Waals surface area contributed by atoms with Gasteiger partial charge in [-0.1, -0.05) is 19.4 Å². The standard InChI is InChI=1S/C26H34O3/c1-24-6-3-14(27)11-19(24)15-12-16(15)22-18(24)4-7-25(2)23(22)17-13-20(17)26(25)8-5-21(28)29-10-9-26/h11,15-18,20,22-23H,3-10,12-13H2,1-2H3/t15-,16+,17-,18?,20+,22?,23?,24-,25+,26+/m1/s1. The minimum absolute atomic E-state index is 0.0360. The molecular weight excluding hydrogens is 360 g/mol. The zero-order valence-electron chi connectivity index (χ0n) is 17.9. The van der Waals surface area contributed by atoms with Crippen molar-refractivity contribution >= 4 is 11.8 Å².